The largest absolute Gasteiger partial charge is 0.348 e. The average molecular weight is 307 g/mol. The van der Waals surface area contributed by atoms with Gasteiger partial charge in [0.05, 0.1) is 7.05 Å². The van der Waals surface area contributed by atoms with Crippen LogP contribution in [-0.2, 0) is 11.3 Å². The van der Waals surface area contributed by atoms with Crippen LogP contribution in [0.1, 0.15) is 38.2 Å². The number of amides is 1. The van der Waals surface area contributed by atoms with Crippen LogP contribution in [0.4, 0.5) is 0 Å². The van der Waals surface area contributed by atoms with Crippen LogP contribution in [0.15, 0.2) is 29.2 Å². The Morgan fingerprint density at radius 3 is 2.52 bits per heavy atom. The minimum absolute atomic E-state index is 0.00849. The minimum Gasteiger partial charge on any atom is -0.348 e. The Bertz CT molecular complexity index is 454. The molecule has 1 saturated carbocycles. The number of thioether (sulfide) groups is 1. The van der Waals surface area contributed by atoms with Crippen molar-refractivity contribution in [3.05, 3.63) is 29.8 Å². The number of quaternary nitrogens is 1. The number of benzene rings is 1. The van der Waals surface area contributed by atoms with Crippen molar-refractivity contribution in [3.63, 3.8) is 0 Å². The van der Waals surface area contributed by atoms with Crippen molar-refractivity contribution in [1.82, 2.24) is 5.32 Å². The molecule has 1 aliphatic carbocycles. The molecule has 0 bridgehead atoms. The van der Waals surface area contributed by atoms with Gasteiger partial charge in [-0.15, -0.1) is 11.8 Å². The molecule has 1 aliphatic rings. The first kappa shape index (κ1) is 16.4. The number of likely N-dealkylation sites (N-methyl/N-ethyl adjacent to an activating group) is 1. The van der Waals surface area contributed by atoms with Crippen LogP contribution in [0.2, 0.25) is 0 Å². The van der Waals surface area contributed by atoms with Crippen molar-refractivity contribution in [1.29, 1.82) is 0 Å². The summed E-state index contributed by atoms with van der Waals surface area (Å²) in [7, 11) is 2.10. The first-order valence-electron chi connectivity index (χ1n) is 7.85. The van der Waals surface area contributed by atoms with Crippen molar-refractivity contribution < 1.29 is 9.69 Å². The quantitative estimate of drug-likeness (QED) is 0.787. The molecule has 2 atom stereocenters. The molecule has 0 aliphatic heterocycles. The molecule has 1 amide bonds. The maximum absolute atomic E-state index is 12.3. The normalized spacial score (nSPS) is 18.4. The smallest absolute Gasteiger partial charge is 0.278 e. The van der Waals surface area contributed by atoms with Gasteiger partial charge in [0.1, 0.15) is 6.54 Å². The summed E-state index contributed by atoms with van der Waals surface area (Å²) < 4.78 is 0. The molecule has 0 spiro atoms. The van der Waals surface area contributed by atoms with E-state index in [1.54, 1.807) is 11.8 Å². The molecule has 1 aromatic carbocycles. The molecule has 4 heteroatoms. The van der Waals surface area contributed by atoms with E-state index in [0.717, 1.165) is 19.4 Å². The Morgan fingerprint density at radius 2 is 1.95 bits per heavy atom. The predicted octanol–water partition coefficient (Wildman–Crippen LogP) is 1.87. The molecule has 2 rings (SSSR count). The standard InChI is InChI=1S/C17H26N2OS/c1-13(17(20)18-15-6-4-5-7-15)19(2)12-14-8-10-16(21-3)11-9-14/h8-11,13,15H,4-7,12H2,1-3H3,(H,18,20)/p+1/t13-/m0/s1. The Labute approximate surface area is 132 Å². The molecule has 0 aromatic heterocycles. The van der Waals surface area contributed by atoms with Crippen molar-refractivity contribution in [2.45, 2.75) is 56.1 Å². The molecule has 0 radical (unpaired) electrons. The summed E-state index contributed by atoms with van der Waals surface area (Å²) in [4.78, 5) is 14.8. The molecule has 116 valence electrons. The van der Waals surface area contributed by atoms with E-state index in [2.05, 4.69) is 42.9 Å². The zero-order valence-electron chi connectivity index (χ0n) is 13.3. The third-order valence-electron chi connectivity index (χ3n) is 4.48. The van der Waals surface area contributed by atoms with E-state index in [1.165, 1.54) is 28.2 Å². The van der Waals surface area contributed by atoms with Crippen LogP contribution in [0.3, 0.4) is 0 Å². The van der Waals surface area contributed by atoms with Gasteiger partial charge in [-0.2, -0.15) is 0 Å². The van der Waals surface area contributed by atoms with Gasteiger partial charge >= 0.3 is 0 Å². The lowest BCUT2D eigenvalue weighted by atomic mass is 10.1. The van der Waals surface area contributed by atoms with Crippen LogP contribution < -0.4 is 10.2 Å². The molecular weight excluding hydrogens is 280 g/mol. The summed E-state index contributed by atoms with van der Waals surface area (Å²) in [6, 6.07) is 9.03. The molecule has 1 unspecified atom stereocenters. The first-order chi connectivity index (χ1) is 10.1. The Balaban J connectivity index is 1.85. The lowest BCUT2D eigenvalue weighted by molar-refractivity contribution is -0.908. The molecular formula is C17H27N2OS+. The summed E-state index contributed by atoms with van der Waals surface area (Å²) in [6.07, 6.45) is 6.89. The summed E-state index contributed by atoms with van der Waals surface area (Å²) in [6.45, 7) is 2.91. The van der Waals surface area contributed by atoms with E-state index < -0.39 is 0 Å². The lowest BCUT2D eigenvalue weighted by Gasteiger charge is -2.23. The molecule has 1 aromatic rings. The predicted molar refractivity (Wildman–Crippen MR) is 88.7 cm³/mol. The van der Waals surface area contributed by atoms with Crippen molar-refractivity contribution in [2.75, 3.05) is 13.3 Å². The van der Waals surface area contributed by atoms with Gasteiger partial charge in [-0.05, 0) is 38.2 Å². The van der Waals surface area contributed by atoms with E-state index in [4.69, 9.17) is 0 Å². The average Bonchev–Trinajstić information content (AvgIpc) is 3.00. The maximum atomic E-state index is 12.3. The summed E-state index contributed by atoms with van der Waals surface area (Å²) in [5.74, 6) is 0.195. The number of carbonyl (C=O) groups excluding carboxylic acids is 1. The van der Waals surface area contributed by atoms with Crippen LogP contribution in [0, 0.1) is 0 Å². The van der Waals surface area contributed by atoms with Crippen molar-refractivity contribution in [3.8, 4) is 0 Å². The monoisotopic (exact) mass is 307 g/mol. The van der Waals surface area contributed by atoms with E-state index >= 15 is 0 Å². The highest BCUT2D eigenvalue weighted by Crippen LogP contribution is 2.17. The van der Waals surface area contributed by atoms with Crippen molar-refractivity contribution >= 4 is 17.7 Å². The Kier molecular flexibility index (Phi) is 6.12. The number of rotatable bonds is 6. The summed E-state index contributed by atoms with van der Waals surface area (Å²) in [5.41, 5.74) is 1.28. The lowest BCUT2D eigenvalue weighted by Crippen LogP contribution is -3.12. The Morgan fingerprint density at radius 1 is 1.33 bits per heavy atom. The minimum atomic E-state index is -0.00849. The fourth-order valence-electron chi connectivity index (χ4n) is 2.84. The van der Waals surface area contributed by atoms with Crippen LogP contribution in [0.5, 0.6) is 0 Å². The zero-order valence-corrected chi connectivity index (χ0v) is 14.1. The highest BCUT2D eigenvalue weighted by atomic mass is 32.2. The second-order valence-electron chi connectivity index (χ2n) is 6.08. The van der Waals surface area contributed by atoms with Gasteiger partial charge in [-0.3, -0.25) is 4.79 Å². The second kappa shape index (κ2) is 7.85. The van der Waals surface area contributed by atoms with E-state index in [0.29, 0.717) is 6.04 Å². The third-order valence-corrected chi connectivity index (χ3v) is 5.22. The highest BCUT2D eigenvalue weighted by Gasteiger charge is 2.25. The van der Waals surface area contributed by atoms with Gasteiger partial charge in [-0.25, -0.2) is 0 Å². The van der Waals surface area contributed by atoms with Crippen LogP contribution in [-0.4, -0.2) is 31.3 Å². The first-order valence-corrected chi connectivity index (χ1v) is 9.08. The van der Waals surface area contributed by atoms with Gasteiger partial charge in [0.25, 0.3) is 5.91 Å². The number of hydrogen-bond donors (Lipinski definition) is 2. The van der Waals surface area contributed by atoms with Gasteiger partial charge in [-0.1, -0.05) is 25.0 Å². The van der Waals surface area contributed by atoms with Gasteiger partial charge < -0.3 is 10.2 Å². The fourth-order valence-corrected chi connectivity index (χ4v) is 3.25. The maximum Gasteiger partial charge on any atom is 0.278 e. The molecule has 3 nitrogen and oxygen atoms in total. The van der Waals surface area contributed by atoms with Crippen molar-refractivity contribution in [2.24, 2.45) is 0 Å². The highest BCUT2D eigenvalue weighted by molar-refractivity contribution is 7.98. The second-order valence-corrected chi connectivity index (χ2v) is 6.96. The molecule has 0 heterocycles. The SMILES string of the molecule is CSc1ccc(C[NH+](C)[C@@H](C)C(=O)NC2CCCC2)cc1. The van der Waals surface area contributed by atoms with E-state index in [1.807, 2.05) is 6.92 Å². The molecule has 1 fully saturated rings. The number of hydrogen-bond acceptors (Lipinski definition) is 2. The van der Waals surface area contributed by atoms with Crippen LogP contribution in [0.25, 0.3) is 0 Å². The van der Waals surface area contributed by atoms with Crippen LogP contribution >= 0.6 is 11.8 Å². The van der Waals surface area contributed by atoms with Gasteiger partial charge in [0, 0.05) is 16.5 Å². The third kappa shape index (κ3) is 4.75. The molecule has 2 N–H and O–H groups in total. The Hall–Kier alpha value is -1.00. The number of carbonyl (C=O) groups is 1. The van der Waals surface area contributed by atoms with E-state index in [9.17, 15) is 4.79 Å². The fraction of sp³-hybridized carbons (Fsp3) is 0.588. The summed E-state index contributed by atoms with van der Waals surface area (Å²) >= 11 is 1.75. The molecule has 0 saturated heterocycles. The summed E-state index contributed by atoms with van der Waals surface area (Å²) in [5, 5.41) is 3.20. The van der Waals surface area contributed by atoms with E-state index in [-0.39, 0.29) is 11.9 Å². The van der Waals surface area contributed by atoms with Gasteiger partial charge in [0.2, 0.25) is 0 Å². The molecule has 21 heavy (non-hydrogen) atoms. The topological polar surface area (TPSA) is 33.5 Å². The zero-order chi connectivity index (χ0) is 15.2. The van der Waals surface area contributed by atoms with Gasteiger partial charge in [0.15, 0.2) is 6.04 Å². The number of nitrogens with one attached hydrogen (secondary N) is 2.